The second kappa shape index (κ2) is 6.60. The molecule has 1 saturated heterocycles. The molecule has 0 aromatic carbocycles. The van der Waals surface area contributed by atoms with Crippen molar-refractivity contribution in [3.8, 4) is 0 Å². The molecule has 0 saturated carbocycles. The monoisotopic (exact) mass is 233 g/mol. The maximum Gasteiger partial charge on any atom is 0.0562 e. The summed E-state index contributed by atoms with van der Waals surface area (Å²) >= 11 is 0. The second-order valence-corrected chi connectivity index (χ2v) is 4.69. The first-order chi connectivity index (χ1) is 8.40. The van der Waals surface area contributed by atoms with Crippen LogP contribution in [0.2, 0.25) is 0 Å². The summed E-state index contributed by atoms with van der Waals surface area (Å²) in [5.74, 6) is 0. The highest BCUT2D eigenvalue weighted by Crippen LogP contribution is 2.19. The molecule has 1 aliphatic rings. The molecule has 1 aliphatic heterocycles. The molecule has 0 spiro atoms. The predicted octanol–water partition coefficient (Wildman–Crippen LogP) is 2.57. The van der Waals surface area contributed by atoms with Crippen LogP contribution in [0, 0.1) is 0 Å². The topological polar surface area (TPSA) is 28.2 Å². The molecule has 0 amide bonds. The summed E-state index contributed by atoms with van der Waals surface area (Å²) in [5.41, 5.74) is 2.49. The lowest BCUT2D eigenvalue weighted by Crippen LogP contribution is -2.24. The van der Waals surface area contributed by atoms with Crippen molar-refractivity contribution in [2.75, 3.05) is 24.5 Å². The lowest BCUT2D eigenvalue weighted by Gasteiger charge is -2.22. The van der Waals surface area contributed by atoms with Crippen LogP contribution in [-0.2, 0) is 6.54 Å². The van der Waals surface area contributed by atoms with Crippen molar-refractivity contribution in [3.05, 3.63) is 24.0 Å². The van der Waals surface area contributed by atoms with Crippen LogP contribution in [-0.4, -0.2) is 24.6 Å². The minimum absolute atomic E-state index is 0.873. The molecule has 0 aliphatic carbocycles. The molecule has 0 radical (unpaired) electrons. The average Bonchev–Trinajstić information content (AvgIpc) is 2.65. The van der Waals surface area contributed by atoms with Crippen molar-refractivity contribution in [2.45, 2.75) is 39.2 Å². The zero-order valence-electron chi connectivity index (χ0n) is 10.8. The molecule has 3 heteroatoms. The molecular formula is C14H23N3. The van der Waals surface area contributed by atoms with Gasteiger partial charge in [-0.3, -0.25) is 4.98 Å². The van der Waals surface area contributed by atoms with Gasteiger partial charge in [-0.15, -0.1) is 0 Å². The van der Waals surface area contributed by atoms with Gasteiger partial charge in [-0.1, -0.05) is 19.8 Å². The molecule has 2 heterocycles. The van der Waals surface area contributed by atoms with Crippen LogP contribution in [0.1, 0.15) is 38.3 Å². The van der Waals surface area contributed by atoms with E-state index < -0.39 is 0 Å². The number of pyridine rings is 1. The fraction of sp³-hybridized carbons (Fsp3) is 0.643. The van der Waals surface area contributed by atoms with E-state index in [9.17, 15) is 0 Å². The van der Waals surface area contributed by atoms with E-state index in [4.69, 9.17) is 0 Å². The molecule has 1 N–H and O–H groups in total. The lowest BCUT2D eigenvalue weighted by molar-refractivity contribution is 0.708. The van der Waals surface area contributed by atoms with E-state index in [1.54, 1.807) is 0 Å². The summed E-state index contributed by atoms with van der Waals surface area (Å²) in [4.78, 5) is 6.91. The van der Waals surface area contributed by atoms with Crippen LogP contribution in [0.5, 0.6) is 0 Å². The number of nitrogens with one attached hydrogen (secondary N) is 1. The Morgan fingerprint density at radius 1 is 1.24 bits per heavy atom. The van der Waals surface area contributed by atoms with Gasteiger partial charge in [0.2, 0.25) is 0 Å². The van der Waals surface area contributed by atoms with Crippen LogP contribution < -0.4 is 10.2 Å². The Bertz CT molecular complexity index is 330. The molecule has 0 unspecified atom stereocenters. The van der Waals surface area contributed by atoms with Crippen LogP contribution in [0.25, 0.3) is 0 Å². The summed E-state index contributed by atoms with van der Waals surface area (Å²) in [6.45, 7) is 6.39. The van der Waals surface area contributed by atoms with E-state index in [1.165, 1.54) is 44.5 Å². The Morgan fingerprint density at radius 2 is 2.00 bits per heavy atom. The van der Waals surface area contributed by atoms with E-state index >= 15 is 0 Å². The van der Waals surface area contributed by atoms with Crippen molar-refractivity contribution >= 4 is 5.69 Å². The minimum Gasteiger partial charge on any atom is -0.371 e. The fourth-order valence-corrected chi connectivity index (χ4v) is 2.34. The van der Waals surface area contributed by atoms with Crippen LogP contribution in [0.15, 0.2) is 18.3 Å². The van der Waals surface area contributed by atoms with Crippen molar-refractivity contribution < 1.29 is 0 Å². The van der Waals surface area contributed by atoms with Gasteiger partial charge in [0.15, 0.2) is 0 Å². The number of aromatic nitrogens is 1. The first-order valence-corrected chi connectivity index (χ1v) is 6.80. The highest BCUT2D eigenvalue weighted by molar-refractivity contribution is 5.46. The summed E-state index contributed by atoms with van der Waals surface area (Å²) in [6.07, 6.45) is 7.35. The zero-order chi connectivity index (χ0) is 11.9. The van der Waals surface area contributed by atoms with E-state index in [0.717, 1.165) is 18.8 Å². The Hall–Kier alpha value is -1.09. The van der Waals surface area contributed by atoms with Crippen molar-refractivity contribution in [1.29, 1.82) is 0 Å². The molecule has 1 aromatic rings. The summed E-state index contributed by atoms with van der Waals surface area (Å²) in [5, 5.41) is 3.33. The molecule has 94 valence electrons. The Kier molecular flexibility index (Phi) is 4.80. The molecule has 2 rings (SSSR count). The second-order valence-electron chi connectivity index (χ2n) is 4.69. The summed E-state index contributed by atoms with van der Waals surface area (Å²) in [6, 6.07) is 4.37. The van der Waals surface area contributed by atoms with E-state index in [2.05, 4.69) is 34.3 Å². The van der Waals surface area contributed by atoms with Gasteiger partial charge in [0, 0.05) is 31.5 Å². The molecule has 3 nitrogen and oxygen atoms in total. The van der Waals surface area contributed by atoms with Gasteiger partial charge in [-0.05, 0) is 31.5 Å². The van der Waals surface area contributed by atoms with Gasteiger partial charge in [0.25, 0.3) is 0 Å². The SMILES string of the molecule is CCNCc1cc(N2CCCCCC2)ccn1. The molecule has 17 heavy (non-hydrogen) atoms. The average molecular weight is 233 g/mol. The minimum atomic E-state index is 0.873. The third-order valence-corrected chi connectivity index (χ3v) is 3.33. The zero-order valence-corrected chi connectivity index (χ0v) is 10.8. The predicted molar refractivity (Wildman–Crippen MR) is 72.3 cm³/mol. The van der Waals surface area contributed by atoms with Crippen LogP contribution in [0.4, 0.5) is 5.69 Å². The van der Waals surface area contributed by atoms with Gasteiger partial charge in [-0.2, -0.15) is 0 Å². The van der Waals surface area contributed by atoms with Crippen LogP contribution in [0.3, 0.4) is 0 Å². The largest absolute Gasteiger partial charge is 0.371 e. The van der Waals surface area contributed by atoms with Crippen molar-refractivity contribution in [2.24, 2.45) is 0 Å². The van der Waals surface area contributed by atoms with Gasteiger partial charge >= 0.3 is 0 Å². The third kappa shape index (κ3) is 3.70. The fourth-order valence-electron chi connectivity index (χ4n) is 2.34. The Labute approximate surface area is 104 Å². The lowest BCUT2D eigenvalue weighted by atomic mass is 10.2. The maximum atomic E-state index is 4.41. The van der Waals surface area contributed by atoms with E-state index in [-0.39, 0.29) is 0 Å². The normalized spacial score (nSPS) is 16.9. The van der Waals surface area contributed by atoms with Crippen molar-refractivity contribution in [1.82, 2.24) is 10.3 Å². The molecule has 1 fully saturated rings. The van der Waals surface area contributed by atoms with E-state index in [1.807, 2.05) is 6.20 Å². The van der Waals surface area contributed by atoms with Gasteiger partial charge in [0.05, 0.1) is 5.69 Å². The Morgan fingerprint density at radius 3 is 2.71 bits per heavy atom. The number of hydrogen-bond acceptors (Lipinski definition) is 3. The number of anilines is 1. The van der Waals surface area contributed by atoms with Crippen molar-refractivity contribution in [3.63, 3.8) is 0 Å². The number of rotatable bonds is 4. The van der Waals surface area contributed by atoms with Gasteiger partial charge in [-0.25, -0.2) is 0 Å². The Balaban J connectivity index is 2.03. The summed E-state index contributed by atoms with van der Waals surface area (Å²) in [7, 11) is 0. The van der Waals surface area contributed by atoms with E-state index in [0.29, 0.717) is 0 Å². The highest BCUT2D eigenvalue weighted by Gasteiger charge is 2.10. The molecule has 0 atom stereocenters. The van der Waals surface area contributed by atoms with Gasteiger partial charge in [0.1, 0.15) is 0 Å². The van der Waals surface area contributed by atoms with Crippen LogP contribution >= 0.6 is 0 Å². The first-order valence-electron chi connectivity index (χ1n) is 6.80. The number of nitrogens with zero attached hydrogens (tertiary/aromatic N) is 2. The number of hydrogen-bond donors (Lipinski definition) is 1. The highest BCUT2D eigenvalue weighted by atomic mass is 15.1. The van der Waals surface area contributed by atoms with Gasteiger partial charge < -0.3 is 10.2 Å². The first kappa shape index (κ1) is 12.4. The maximum absolute atomic E-state index is 4.41. The molecular weight excluding hydrogens is 210 g/mol. The molecule has 1 aromatic heterocycles. The quantitative estimate of drug-likeness (QED) is 0.866. The smallest absolute Gasteiger partial charge is 0.0562 e. The third-order valence-electron chi connectivity index (χ3n) is 3.33. The molecule has 0 bridgehead atoms. The summed E-state index contributed by atoms with van der Waals surface area (Å²) < 4.78 is 0. The standard InChI is InChI=1S/C14H23N3/c1-2-15-12-13-11-14(7-8-16-13)17-9-5-3-4-6-10-17/h7-8,11,15H,2-6,9-10,12H2,1H3.